The van der Waals surface area contributed by atoms with E-state index in [2.05, 4.69) is 20.4 Å². The molecule has 212 valence electrons. The summed E-state index contributed by atoms with van der Waals surface area (Å²) in [7, 11) is 1.25. The molecule has 41 heavy (non-hydrogen) atoms. The highest BCUT2D eigenvalue weighted by Crippen LogP contribution is 2.36. The Labute approximate surface area is 240 Å². The largest absolute Gasteiger partial charge is 0.453 e. The fourth-order valence-electron chi connectivity index (χ4n) is 5.24. The van der Waals surface area contributed by atoms with Crippen LogP contribution in [0.2, 0.25) is 5.02 Å². The standard InChI is InChI=1S/C30H27ClF2N4O4/c1-41-30(40)36-19-5-6-20-17-9-12-34-24(14-17)25(4-2-3-11-35-29(39)21(20)16-19)37-13-10-18(15-26(37)38)27-23(32)8-7-22(31)28(27)33/h5-9,12,14-16,25H,2-4,10-11,13H2,1H3,(H,35,39)(H,36,40)/t25-/m0/s1. The highest BCUT2D eigenvalue weighted by Gasteiger charge is 2.31. The van der Waals surface area contributed by atoms with Gasteiger partial charge in [-0.2, -0.15) is 0 Å². The second-order valence-corrected chi connectivity index (χ2v) is 10.2. The van der Waals surface area contributed by atoms with Gasteiger partial charge in [0.1, 0.15) is 5.82 Å². The smallest absolute Gasteiger partial charge is 0.411 e. The van der Waals surface area contributed by atoms with Gasteiger partial charge >= 0.3 is 6.09 Å². The number of benzene rings is 2. The van der Waals surface area contributed by atoms with Gasteiger partial charge in [0.2, 0.25) is 5.91 Å². The Morgan fingerprint density at radius 3 is 2.73 bits per heavy atom. The molecule has 0 fully saturated rings. The summed E-state index contributed by atoms with van der Waals surface area (Å²) in [5.41, 5.74) is 2.71. The maximum Gasteiger partial charge on any atom is 0.411 e. The maximum absolute atomic E-state index is 14.7. The Hall–Kier alpha value is -4.31. The van der Waals surface area contributed by atoms with E-state index in [-0.39, 0.29) is 40.9 Å². The Kier molecular flexibility index (Phi) is 8.30. The summed E-state index contributed by atoms with van der Waals surface area (Å²) >= 11 is 5.88. The van der Waals surface area contributed by atoms with Gasteiger partial charge in [-0.25, -0.2) is 13.6 Å². The van der Waals surface area contributed by atoms with E-state index < -0.39 is 23.8 Å². The normalized spacial score (nSPS) is 17.4. The van der Waals surface area contributed by atoms with Crippen LogP contribution in [0.25, 0.3) is 16.7 Å². The van der Waals surface area contributed by atoms with Crippen molar-refractivity contribution in [1.82, 2.24) is 15.2 Å². The summed E-state index contributed by atoms with van der Waals surface area (Å²) in [5, 5.41) is 5.30. The highest BCUT2D eigenvalue weighted by atomic mass is 35.5. The summed E-state index contributed by atoms with van der Waals surface area (Å²) in [5.74, 6) is -2.31. The zero-order valence-electron chi connectivity index (χ0n) is 22.2. The van der Waals surface area contributed by atoms with Crippen LogP contribution >= 0.6 is 11.6 Å². The summed E-state index contributed by atoms with van der Waals surface area (Å²) < 4.78 is 33.8. The van der Waals surface area contributed by atoms with Gasteiger partial charge in [0.05, 0.1) is 29.4 Å². The first-order chi connectivity index (χ1) is 19.8. The number of rotatable bonds is 3. The minimum absolute atomic E-state index is 0.210. The van der Waals surface area contributed by atoms with Gasteiger partial charge in [-0.3, -0.25) is 19.9 Å². The van der Waals surface area contributed by atoms with Gasteiger partial charge in [0.15, 0.2) is 5.82 Å². The topological polar surface area (TPSA) is 101 Å². The van der Waals surface area contributed by atoms with E-state index in [0.717, 1.165) is 12.1 Å². The van der Waals surface area contributed by atoms with E-state index >= 15 is 0 Å². The van der Waals surface area contributed by atoms with Crippen LogP contribution in [-0.4, -0.2) is 48.0 Å². The Balaban J connectivity index is 1.51. The van der Waals surface area contributed by atoms with Crippen molar-refractivity contribution in [3.8, 4) is 11.1 Å². The van der Waals surface area contributed by atoms with Crippen molar-refractivity contribution in [1.29, 1.82) is 0 Å². The van der Waals surface area contributed by atoms with Crippen molar-refractivity contribution in [3.05, 3.63) is 88.2 Å². The van der Waals surface area contributed by atoms with Crippen LogP contribution in [0.1, 0.15) is 53.3 Å². The molecule has 1 atom stereocenters. The Bertz CT molecular complexity index is 1560. The number of aromatic nitrogens is 1. The number of hydrogen-bond donors (Lipinski definition) is 2. The van der Waals surface area contributed by atoms with E-state index in [1.807, 2.05) is 6.07 Å². The van der Waals surface area contributed by atoms with Gasteiger partial charge in [-0.05, 0) is 78.8 Å². The molecule has 8 nitrogen and oxygen atoms in total. The van der Waals surface area contributed by atoms with Crippen LogP contribution in [0.5, 0.6) is 0 Å². The van der Waals surface area contributed by atoms with Gasteiger partial charge in [-0.1, -0.05) is 17.7 Å². The molecule has 3 aromatic rings. The molecule has 2 aromatic carbocycles. The third-order valence-corrected chi connectivity index (χ3v) is 7.56. The van der Waals surface area contributed by atoms with Gasteiger partial charge in [-0.15, -0.1) is 0 Å². The van der Waals surface area contributed by atoms with Gasteiger partial charge in [0.25, 0.3) is 5.91 Å². The fourth-order valence-corrected chi connectivity index (χ4v) is 5.39. The summed E-state index contributed by atoms with van der Waals surface area (Å²) in [6.07, 6.45) is 4.40. The van der Waals surface area contributed by atoms with Crippen LogP contribution in [0, 0.1) is 11.6 Å². The van der Waals surface area contributed by atoms with Crippen LogP contribution in [-0.2, 0) is 9.53 Å². The SMILES string of the molecule is COC(=O)Nc1ccc2c(c1)C(=O)NCCCC[C@H](N1CCC(c3c(F)ccc(Cl)c3F)=CC1=O)c1cc-2ccn1. The summed E-state index contributed by atoms with van der Waals surface area (Å²) in [6.45, 7) is 0.648. The fraction of sp³-hybridized carbons (Fsp3) is 0.267. The highest BCUT2D eigenvalue weighted by molar-refractivity contribution is 6.31. The van der Waals surface area contributed by atoms with Crippen molar-refractivity contribution in [2.75, 3.05) is 25.5 Å². The molecule has 3 heterocycles. The molecule has 2 aliphatic rings. The zero-order valence-corrected chi connectivity index (χ0v) is 22.9. The molecule has 11 heteroatoms. The number of hydrogen-bond acceptors (Lipinski definition) is 5. The van der Waals surface area contributed by atoms with E-state index in [4.69, 9.17) is 11.6 Å². The van der Waals surface area contributed by atoms with E-state index in [9.17, 15) is 23.2 Å². The molecular formula is C30H27ClF2N4O4. The monoisotopic (exact) mass is 580 g/mol. The first-order valence-electron chi connectivity index (χ1n) is 13.2. The minimum atomic E-state index is -0.884. The number of carbonyl (C=O) groups is 3. The average Bonchev–Trinajstić information content (AvgIpc) is 2.97. The molecule has 3 amide bonds. The van der Waals surface area contributed by atoms with Gasteiger partial charge in [0, 0.05) is 36.6 Å². The van der Waals surface area contributed by atoms with E-state index in [0.29, 0.717) is 53.9 Å². The van der Waals surface area contributed by atoms with Crippen LogP contribution in [0.3, 0.4) is 0 Å². The molecular weight excluding hydrogens is 554 g/mol. The lowest BCUT2D eigenvalue weighted by Gasteiger charge is -2.34. The number of ether oxygens (including phenoxy) is 1. The lowest BCUT2D eigenvalue weighted by Crippen LogP contribution is -2.38. The summed E-state index contributed by atoms with van der Waals surface area (Å²) in [6, 6.07) is 10.4. The number of halogens is 3. The molecule has 0 saturated heterocycles. The number of fused-ring (bicyclic) bond motifs is 4. The lowest BCUT2D eigenvalue weighted by molar-refractivity contribution is -0.129. The van der Waals surface area contributed by atoms with Gasteiger partial charge < -0.3 is 15.0 Å². The van der Waals surface area contributed by atoms with Crippen LogP contribution in [0.15, 0.2) is 54.7 Å². The molecule has 0 radical (unpaired) electrons. The Morgan fingerprint density at radius 1 is 1.12 bits per heavy atom. The third-order valence-electron chi connectivity index (χ3n) is 7.26. The first kappa shape index (κ1) is 28.2. The number of pyridine rings is 1. The number of nitrogens with one attached hydrogen (secondary N) is 2. The molecule has 2 aliphatic heterocycles. The first-order valence-corrected chi connectivity index (χ1v) is 13.5. The molecule has 2 bridgehead atoms. The van der Waals surface area contributed by atoms with Crippen LogP contribution < -0.4 is 10.6 Å². The molecule has 5 rings (SSSR count). The number of nitrogens with zero attached hydrogens (tertiary/aromatic N) is 2. The van der Waals surface area contributed by atoms with Crippen LogP contribution in [0.4, 0.5) is 19.3 Å². The second-order valence-electron chi connectivity index (χ2n) is 9.78. The van der Waals surface area contributed by atoms with Crippen molar-refractivity contribution in [2.45, 2.75) is 31.7 Å². The number of anilines is 1. The molecule has 0 saturated carbocycles. The molecule has 1 aromatic heterocycles. The predicted octanol–water partition coefficient (Wildman–Crippen LogP) is 6.13. The molecule has 2 N–H and O–H groups in total. The molecule has 0 spiro atoms. The number of carbonyl (C=O) groups excluding carboxylic acids is 3. The zero-order chi connectivity index (χ0) is 29.1. The van der Waals surface area contributed by atoms with Crippen molar-refractivity contribution in [3.63, 3.8) is 0 Å². The minimum Gasteiger partial charge on any atom is -0.453 e. The number of methoxy groups -OCH3 is 1. The summed E-state index contributed by atoms with van der Waals surface area (Å²) in [4.78, 5) is 44.5. The van der Waals surface area contributed by atoms with Crippen molar-refractivity contribution in [2.24, 2.45) is 0 Å². The molecule has 0 aliphatic carbocycles. The Morgan fingerprint density at radius 2 is 1.95 bits per heavy atom. The third kappa shape index (κ3) is 5.92. The van der Waals surface area contributed by atoms with Crippen molar-refractivity contribution < 1.29 is 27.9 Å². The van der Waals surface area contributed by atoms with E-state index in [1.165, 1.54) is 13.2 Å². The van der Waals surface area contributed by atoms with E-state index in [1.54, 1.807) is 35.4 Å². The quantitative estimate of drug-likeness (QED) is 0.363. The molecule has 0 unspecified atom stereocenters. The number of amides is 3. The predicted molar refractivity (Wildman–Crippen MR) is 150 cm³/mol. The lowest BCUT2D eigenvalue weighted by atomic mass is 9.93. The van der Waals surface area contributed by atoms with Crippen molar-refractivity contribution >= 4 is 40.8 Å². The second kappa shape index (κ2) is 12.1. The maximum atomic E-state index is 14.7. The average molecular weight is 581 g/mol.